The highest BCUT2D eigenvalue weighted by atomic mass is 35.5. The van der Waals surface area contributed by atoms with E-state index < -0.39 is 12.1 Å². The number of carbonyl (C=O) groups excluding carboxylic acids is 2. The number of aryl methyl sites for hydroxylation is 1. The third-order valence-corrected chi connectivity index (χ3v) is 7.68. The molecule has 5 rings (SSSR count). The van der Waals surface area contributed by atoms with Crippen LogP contribution in [-0.2, 0) is 4.79 Å². The van der Waals surface area contributed by atoms with Crippen LogP contribution >= 0.6 is 11.6 Å². The number of nitrogens with zero attached hydrogens (tertiary/aromatic N) is 4. The van der Waals surface area contributed by atoms with Crippen LogP contribution in [0.15, 0.2) is 71.7 Å². The standard InChI is InChI=1S/C32H35ClN4O4/c1-20(2)41-27-18-25(40-5)14-15-26(27)31-34-29(22-8-6-21(3)7-9-22)30(23-10-12-24(33)13-11-23)37(31)32(39)36-17-16-35(4)28(38)19-36/h6-15,18,20,29-30H,16-17,19H2,1-5H3/t29-,30+/m1/s1. The smallest absolute Gasteiger partial charge is 0.326 e. The zero-order valence-electron chi connectivity index (χ0n) is 24.0. The maximum atomic E-state index is 14.5. The van der Waals surface area contributed by atoms with Crippen molar-refractivity contribution in [3.63, 3.8) is 0 Å². The number of hydrogen-bond acceptors (Lipinski definition) is 5. The van der Waals surface area contributed by atoms with E-state index in [0.717, 1.165) is 16.7 Å². The minimum atomic E-state index is -0.485. The summed E-state index contributed by atoms with van der Waals surface area (Å²) < 4.78 is 11.7. The maximum Gasteiger partial charge on any atom is 0.326 e. The van der Waals surface area contributed by atoms with E-state index in [1.165, 1.54) is 0 Å². The Morgan fingerprint density at radius 1 is 1.00 bits per heavy atom. The largest absolute Gasteiger partial charge is 0.497 e. The van der Waals surface area contributed by atoms with Crippen LogP contribution in [-0.4, -0.2) is 72.4 Å². The van der Waals surface area contributed by atoms with Crippen LogP contribution in [0, 0.1) is 6.92 Å². The van der Waals surface area contributed by atoms with E-state index in [-0.39, 0.29) is 24.6 Å². The predicted molar refractivity (Wildman–Crippen MR) is 160 cm³/mol. The number of benzene rings is 3. The minimum Gasteiger partial charge on any atom is -0.497 e. The molecule has 3 aromatic rings. The first kappa shape index (κ1) is 28.5. The highest BCUT2D eigenvalue weighted by molar-refractivity contribution is 6.30. The third kappa shape index (κ3) is 5.88. The summed E-state index contributed by atoms with van der Waals surface area (Å²) in [4.78, 5) is 37.4. The second kappa shape index (κ2) is 11.8. The molecule has 1 fully saturated rings. The van der Waals surface area contributed by atoms with E-state index in [1.54, 1.807) is 28.9 Å². The number of aliphatic imine (C=N–C) groups is 1. The Labute approximate surface area is 246 Å². The number of amidine groups is 1. The monoisotopic (exact) mass is 574 g/mol. The number of methoxy groups -OCH3 is 1. The molecule has 0 saturated carbocycles. The van der Waals surface area contributed by atoms with Crippen LogP contribution in [0.3, 0.4) is 0 Å². The van der Waals surface area contributed by atoms with Gasteiger partial charge in [-0.05, 0) is 56.2 Å². The Balaban J connectivity index is 1.70. The summed E-state index contributed by atoms with van der Waals surface area (Å²) in [5, 5.41) is 0.602. The molecular formula is C32H35ClN4O4. The van der Waals surface area contributed by atoms with Gasteiger partial charge in [0.2, 0.25) is 5.91 Å². The Morgan fingerprint density at radius 3 is 2.32 bits per heavy atom. The van der Waals surface area contributed by atoms with E-state index in [1.807, 2.05) is 75.4 Å². The molecule has 8 nitrogen and oxygen atoms in total. The fraction of sp³-hybridized carbons (Fsp3) is 0.344. The van der Waals surface area contributed by atoms with Gasteiger partial charge in [-0.2, -0.15) is 0 Å². The topological polar surface area (TPSA) is 74.7 Å². The van der Waals surface area contributed by atoms with Gasteiger partial charge in [-0.15, -0.1) is 0 Å². The lowest BCUT2D eigenvalue weighted by Gasteiger charge is -2.37. The van der Waals surface area contributed by atoms with E-state index in [0.29, 0.717) is 41.0 Å². The Morgan fingerprint density at radius 2 is 1.68 bits per heavy atom. The number of carbonyl (C=O) groups is 2. The molecule has 0 spiro atoms. The van der Waals surface area contributed by atoms with Crippen molar-refractivity contribution in [2.75, 3.05) is 33.8 Å². The van der Waals surface area contributed by atoms with Crippen LogP contribution in [0.1, 0.15) is 48.2 Å². The summed E-state index contributed by atoms with van der Waals surface area (Å²) in [5.41, 5.74) is 3.65. The molecule has 3 aromatic carbocycles. The van der Waals surface area contributed by atoms with Gasteiger partial charge in [0.25, 0.3) is 0 Å². The van der Waals surface area contributed by atoms with Crippen molar-refractivity contribution in [2.45, 2.75) is 39.0 Å². The molecule has 2 heterocycles. The van der Waals surface area contributed by atoms with Crippen LogP contribution in [0.2, 0.25) is 5.02 Å². The summed E-state index contributed by atoms with van der Waals surface area (Å²) in [6.45, 7) is 6.82. The molecule has 2 aliphatic heterocycles. The average Bonchev–Trinajstić information content (AvgIpc) is 3.34. The van der Waals surface area contributed by atoms with Gasteiger partial charge < -0.3 is 19.3 Å². The average molecular weight is 575 g/mol. The molecule has 0 unspecified atom stereocenters. The van der Waals surface area contributed by atoms with Gasteiger partial charge in [-0.25, -0.2) is 4.79 Å². The van der Waals surface area contributed by atoms with Crippen LogP contribution in [0.4, 0.5) is 4.79 Å². The first-order chi connectivity index (χ1) is 19.7. The number of ether oxygens (including phenoxy) is 2. The summed E-state index contributed by atoms with van der Waals surface area (Å²) in [5.74, 6) is 1.57. The zero-order valence-corrected chi connectivity index (χ0v) is 24.8. The van der Waals surface area contributed by atoms with Gasteiger partial charge in [0.15, 0.2) is 0 Å². The van der Waals surface area contributed by atoms with Gasteiger partial charge in [0, 0.05) is 31.2 Å². The number of halogens is 1. The molecule has 214 valence electrons. The molecule has 0 bridgehead atoms. The normalized spacial score (nSPS) is 19.0. The van der Waals surface area contributed by atoms with E-state index in [2.05, 4.69) is 12.1 Å². The molecule has 0 radical (unpaired) electrons. The molecule has 0 aromatic heterocycles. The van der Waals surface area contributed by atoms with Crippen molar-refractivity contribution in [1.29, 1.82) is 0 Å². The number of likely N-dealkylation sites (N-methyl/N-ethyl adjacent to an activating group) is 1. The second-order valence-electron chi connectivity index (χ2n) is 10.7. The number of hydrogen-bond donors (Lipinski definition) is 0. The minimum absolute atomic E-state index is 0.000384. The van der Waals surface area contributed by atoms with Gasteiger partial charge in [0.05, 0.1) is 24.8 Å². The van der Waals surface area contributed by atoms with Crippen molar-refractivity contribution >= 4 is 29.4 Å². The van der Waals surface area contributed by atoms with E-state index in [4.69, 9.17) is 26.1 Å². The van der Waals surface area contributed by atoms with Gasteiger partial charge >= 0.3 is 6.03 Å². The lowest BCUT2D eigenvalue weighted by molar-refractivity contribution is -0.133. The van der Waals surface area contributed by atoms with Crippen molar-refractivity contribution < 1.29 is 19.1 Å². The highest BCUT2D eigenvalue weighted by Gasteiger charge is 2.45. The third-order valence-electron chi connectivity index (χ3n) is 7.42. The summed E-state index contributed by atoms with van der Waals surface area (Å²) in [7, 11) is 3.36. The van der Waals surface area contributed by atoms with Crippen LogP contribution in [0.5, 0.6) is 11.5 Å². The SMILES string of the molecule is COc1ccc(C2=N[C@H](c3ccc(C)cc3)[C@H](c3ccc(Cl)cc3)N2C(=O)N2CCN(C)C(=O)C2)c(OC(C)C)c1. The fourth-order valence-electron chi connectivity index (χ4n) is 5.20. The van der Waals surface area contributed by atoms with Crippen molar-refractivity contribution in [2.24, 2.45) is 4.99 Å². The van der Waals surface area contributed by atoms with Gasteiger partial charge in [-0.3, -0.25) is 14.7 Å². The summed E-state index contributed by atoms with van der Waals surface area (Å²) in [6, 6.07) is 20.1. The first-order valence-corrected chi connectivity index (χ1v) is 14.1. The molecule has 2 aliphatic rings. The van der Waals surface area contributed by atoms with Crippen LogP contribution in [0.25, 0.3) is 0 Å². The van der Waals surface area contributed by atoms with Crippen LogP contribution < -0.4 is 9.47 Å². The molecule has 3 amide bonds. The van der Waals surface area contributed by atoms with E-state index >= 15 is 0 Å². The molecule has 2 atom stereocenters. The molecular weight excluding hydrogens is 540 g/mol. The molecule has 0 N–H and O–H groups in total. The van der Waals surface area contributed by atoms with E-state index in [9.17, 15) is 9.59 Å². The number of urea groups is 1. The predicted octanol–water partition coefficient (Wildman–Crippen LogP) is 5.88. The molecule has 41 heavy (non-hydrogen) atoms. The van der Waals surface area contributed by atoms with Gasteiger partial charge in [0.1, 0.15) is 29.9 Å². The molecule has 0 aliphatic carbocycles. The second-order valence-corrected chi connectivity index (χ2v) is 11.2. The summed E-state index contributed by atoms with van der Waals surface area (Å²) >= 11 is 6.27. The van der Waals surface area contributed by atoms with Crippen molar-refractivity contribution in [3.05, 3.63) is 94.0 Å². The molecule has 9 heteroatoms. The quantitative estimate of drug-likeness (QED) is 0.368. The maximum absolute atomic E-state index is 14.5. The summed E-state index contributed by atoms with van der Waals surface area (Å²) in [6.07, 6.45) is -0.123. The number of amides is 3. The lowest BCUT2D eigenvalue weighted by atomic mass is 9.93. The zero-order chi connectivity index (χ0) is 29.3. The number of rotatable bonds is 6. The molecule has 1 saturated heterocycles. The highest BCUT2D eigenvalue weighted by Crippen LogP contribution is 2.45. The van der Waals surface area contributed by atoms with Gasteiger partial charge in [-0.1, -0.05) is 53.6 Å². The van der Waals surface area contributed by atoms with Crippen molar-refractivity contribution in [1.82, 2.24) is 14.7 Å². The number of piperazine rings is 1. The Kier molecular flexibility index (Phi) is 8.22. The lowest BCUT2D eigenvalue weighted by Crippen LogP contribution is -2.55. The Bertz CT molecular complexity index is 1460. The van der Waals surface area contributed by atoms with Crippen molar-refractivity contribution in [3.8, 4) is 11.5 Å². The first-order valence-electron chi connectivity index (χ1n) is 13.7. The fourth-order valence-corrected chi connectivity index (χ4v) is 5.32. The Hall–Kier alpha value is -4.04.